The van der Waals surface area contributed by atoms with Crippen LogP contribution in [0.15, 0.2) is 24.3 Å². The molecule has 1 saturated heterocycles. The van der Waals surface area contributed by atoms with Crippen LogP contribution in [0, 0.1) is 0 Å². The number of carbonyl (C=O) groups excluding carboxylic acids is 2. The fraction of sp³-hybridized carbons (Fsp3) is 0.429. The Balaban J connectivity index is 2.06. The van der Waals surface area contributed by atoms with Gasteiger partial charge in [0.2, 0.25) is 0 Å². The van der Waals surface area contributed by atoms with Gasteiger partial charge >= 0.3 is 6.03 Å². The molecule has 19 heavy (non-hydrogen) atoms. The predicted octanol–water partition coefficient (Wildman–Crippen LogP) is 1.63. The first-order chi connectivity index (χ1) is 9.19. The molecule has 5 heteroatoms. The highest BCUT2D eigenvalue weighted by atomic mass is 16.5. The van der Waals surface area contributed by atoms with Gasteiger partial charge in [-0.15, -0.1) is 0 Å². The molecule has 0 aliphatic carbocycles. The average molecular weight is 260 g/mol. The summed E-state index contributed by atoms with van der Waals surface area (Å²) in [5.74, 6) is 0.524. The lowest BCUT2D eigenvalue weighted by atomic mass is 9.84. The smallest absolute Gasteiger partial charge is 0.325 e. The Kier molecular flexibility index (Phi) is 2.69. The molecule has 3 amide bonds. The second-order valence-corrected chi connectivity index (χ2v) is 4.89. The van der Waals surface area contributed by atoms with Crippen LogP contribution in [0.5, 0.6) is 5.75 Å². The van der Waals surface area contributed by atoms with Crippen LogP contribution in [0.4, 0.5) is 4.79 Å². The molecule has 1 atom stereocenters. The molecule has 1 unspecified atom stereocenters. The quantitative estimate of drug-likeness (QED) is 0.822. The Labute approximate surface area is 111 Å². The van der Waals surface area contributed by atoms with Crippen molar-refractivity contribution in [1.29, 1.82) is 0 Å². The lowest BCUT2D eigenvalue weighted by Crippen LogP contribution is -2.47. The van der Waals surface area contributed by atoms with Crippen molar-refractivity contribution in [2.45, 2.75) is 25.3 Å². The van der Waals surface area contributed by atoms with Crippen molar-refractivity contribution in [2.24, 2.45) is 0 Å². The highest BCUT2D eigenvalue weighted by Crippen LogP contribution is 2.40. The molecular formula is C14H16N2O3. The number of benzene rings is 1. The SMILES string of the molecule is CCCN1C(=O)NC2(CCOc3ccccc32)C1=O. The van der Waals surface area contributed by atoms with Crippen LogP contribution in [-0.4, -0.2) is 30.0 Å². The zero-order valence-electron chi connectivity index (χ0n) is 10.8. The van der Waals surface area contributed by atoms with Crippen molar-refractivity contribution in [2.75, 3.05) is 13.2 Å². The van der Waals surface area contributed by atoms with Gasteiger partial charge in [0.25, 0.3) is 5.91 Å². The molecular weight excluding hydrogens is 244 g/mol. The summed E-state index contributed by atoms with van der Waals surface area (Å²) in [6.07, 6.45) is 1.24. The molecule has 100 valence electrons. The van der Waals surface area contributed by atoms with E-state index in [1.54, 1.807) is 0 Å². The summed E-state index contributed by atoms with van der Waals surface area (Å²) in [5, 5.41) is 2.87. The Morgan fingerprint density at radius 2 is 2.16 bits per heavy atom. The third kappa shape index (κ3) is 1.61. The van der Waals surface area contributed by atoms with Crippen LogP contribution in [0.3, 0.4) is 0 Å². The number of carbonyl (C=O) groups is 2. The number of urea groups is 1. The average Bonchev–Trinajstić information content (AvgIpc) is 2.65. The lowest BCUT2D eigenvalue weighted by molar-refractivity contribution is -0.132. The molecule has 5 nitrogen and oxygen atoms in total. The maximum absolute atomic E-state index is 12.6. The van der Waals surface area contributed by atoms with E-state index in [0.29, 0.717) is 25.3 Å². The van der Waals surface area contributed by atoms with Gasteiger partial charge in [0.15, 0.2) is 5.54 Å². The van der Waals surface area contributed by atoms with Gasteiger partial charge in [-0.3, -0.25) is 9.69 Å². The molecule has 3 rings (SSSR count). The van der Waals surface area contributed by atoms with Crippen molar-refractivity contribution in [3.8, 4) is 5.75 Å². The van der Waals surface area contributed by atoms with Gasteiger partial charge in [0.05, 0.1) is 6.61 Å². The van der Waals surface area contributed by atoms with E-state index in [1.807, 2.05) is 31.2 Å². The molecule has 0 aromatic heterocycles. The number of hydrogen-bond acceptors (Lipinski definition) is 3. The number of ether oxygens (including phenoxy) is 1. The second kappa shape index (κ2) is 4.26. The first kappa shape index (κ1) is 12.0. The highest BCUT2D eigenvalue weighted by molar-refractivity contribution is 6.07. The third-order valence-electron chi connectivity index (χ3n) is 3.70. The van der Waals surface area contributed by atoms with Crippen LogP contribution < -0.4 is 10.1 Å². The van der Waals surface area contributed by atoms with E-state index in [0.717, 1.165) is 12.0 Å². The maximum Gasteiger partial charge on any atom is 0.325 e. The van der Waals surface area contributed by atoms with Crippen molar-refractivity contribution >= 4 is 11.9 Å². The number of amides is 3. The van der Waals surface area contributed by atoms with E-state index < -0.39 is 5.54 Å². The van der Waals surface area contributed by atoms with Gasteiger partial charge in [-0.2, -0.15) is 0 Å². The molecule has 1 spiro atoms. The minimum absolute atomic E-state index is 0.157. The van der Waals surface area contributed by atoms with E-state index in [-0.39, 0.29) is 11.9 Å². The first-order valence-corrected chi connectivity index (χ1v) is 6.55. The fourth-order valence-electron chi connectivity index (χ4n) is 2.80. The first-order valence-electron chi connectivity index (χ1n) is 6.55. The summed E-state index contributed by atoms with van der Waals surface area (Å²) in [6, 6.07) is 7.10. The van der Waals surface area contributed by atoms with Gasteiger partial charge < -0.3 is 10.1 Å². The monoisotopic (exact) mass is 260 g/mol. The Bertz CT molecular complexity index is 543. The van der Waals surface area contributed by atoms with Crippen molar-refractivity contribution < 1.29 is 14.3 Å². The van der Waals surface area contributed by atoms with E-state index in [2.05, 4.69) is 5.32 Å². The third-order valence-corrected chi connectivity index (χ3v) is 3.70. The number of nitrogens with zero attached hydrogens (tertiary/aromatic N) is 1. The van der Waals surface area contributed by atoms with Gasteiger partial charge in [-0.05, 0) is 12.5 Å². The van der Waals surface area contributed by atoms with Crippen LogP contribution in [0.25, 0.3) is 0 Å². The molecule has 2 aliphatic heterocycles. The van der Waals surface area contributed by atoms with Gasteiger partial charge in [-0.25, -0.2) is 4.79 Å². The van der Waals surface area contributed by atoms with Crippen LogP contribution in [0.1, 0.15) is 25.3 Å². The van der Waals surface area contributed by atoms with E-state index in [1.165, 1.54) is 4.90 Å². The van der Waals surface area contributed by atoms with Crippen LogP contribution in [0.2, 0.25) is 0 Å². The predicted molar refractivity (Wildman–Crippen MR) is 68.8 cm³/mol. The molecule has 2 heterocycles. The summed E-state index contributed by atoms with van der Waals surface area (Å²) < 4.78 is 5.57. The van der Waals surface area contributed by atoms with Gasteiger partial charge in [0.1, 0.15) is 5.75 Å². The molecule has 1 fully saturated rings. The van der Waals surface area contributed by atoms with Gasteiger partial charge in [-0.1, -0.05) is 25.1 Å². The van der Waals surface area contributed by atoms with E-state index in [4.69, 9.17) is 4.74 Å². The van der Waals surface area contributed by atoms with Crippen molar-refractivity contribution in [1.82, 2.24) is 10.2 Å². The number of imide groups is 1. The van der Waals surface area contributed by atoms with Crippen molar-refractivity contribution in [3.63, 3.8) is 0 Å². The minimum Gasteiger partial charge on any atom is -0.493 e. The van der Waals surface area contributed by atoms with Crippen molar-refractivity contribution in [3.05, 3.63) is 29.8 Å². The van der Waals surface area contributed by atoms with Gasteiger partial charge in [0, 0.05) is 18.5 Å². The second-order valence-electron chi connectivity index (χ2n) is 4.89. The number of hydrogen-bond donors (Lipinski definition) is 1. The Hall–Kier alpha value is -2.04. The molecule has 0 radical (unpaired) electrons. The molecule has 0 bridgehead atoms. The van der Waals surface area contributed by atoms with E-state index >= 15 is 0 Å². The molecule has 1 aromatic rings. The molecule has 1 aromatic carbocycles. The molecule has 2 aliphatic rings. The summed E-state index contributed by atoms with van der Waals surface area (Å²) in [4.78, 5) is 26.0. The number of fused-ring (bicyclic) bond motifs is 2. The standard InChI is InChI=1S/C14H16N2O3/c1-2-8-16-12(17)14(15-13(16)18)7-9-19-11-6-4-3-5-10(11)14/h3-6H,2,7-9H2,1H3,(H,15,18). The zero-order valence-corrected chi connectivity index (χ0v) is 10.8. The maximum atomic E-state index is 12.6. The van der Waals surface area contributed by atoms with Crippen LogP contribution >= 0.6 is 0 Å². The molecule has 1 N–H and O–H groups in total. The zero-order chi connectivity index (χ0) is 13.5. The van der Waals surface area contributed by atoms with Crippen LogP contribution in [-0.2, 0) is 10.3 Å². The normalized spacial score (nSPS) is 25.2. The number of para-hydroxylation sites is 1. The summed E-state index contributed by atoms with van der Waals surface area (Å²) in [5.41, 5.74) is -0.167. The largest absolute Gasteiger partial charge is 0.493 e. The minimum atomic E-state index is -0.929. The summed E-state index contributed by atoms with van der Waals surface area (Å²) >= 11 is 0. The number of nitrogens with one attached hydrogen (secondary N) is 1. The Morgan fingerprint density at radius 1 is 1.37 bits per heavy atom. The number of rotatable bonds is 2. The summed E-state index contributed by atoms with van der Waals surface area (Å²) in [7, 11) is 0. The molecule has 0 saturated carbocycles. The lowest BCUT2D eigenvalue weighted by Gasteiger charge is -2.33. The Morgan fingerprint density at radius 3 is 2.95 bits per heavy atom. The topological polar surface area (TPSA) is 58.6 Å². The fourth-order valence-corrected chi connectivity index (χ4v) is 2.80. The summed E-state index contributed by atoms with van der Waals surface area (Å²) in [6.45, 7) is 2.84. The van der Waals surface area contributed by atoms with E-state index in [9.17, 15) is 9.59 Å². The highest BCUT2D eigenvalue weighted by Gasteiger charge is 2.54.